The second-order valence-corrected chi connectivity index (χ2v) is 4.90. The van der Waals surface area contributed by atoms with Crippen LogP contribution in [0.4, 0.5) is 0 Å². The summed E-state index contributed by atoms with van der Waals surface area (Å²) in [6.45, 7) is 2.05. The molecular formula is C16H17N3O. The molecule has 2 aromatic heterocycles. The van der Waals surface area contributed by atoms with E-state index >= 15 is 0 Å². The lowest BCUT2D eigenvalue weighted by Crippen LogP contribution is -2.06. The van der Waals surface area contributed by atoms with E-state index in [4.69, 9.17) is 0 Å². The van der Waals surface area contributed by atoms with Crippen molar-refractivity contribution in [3.8, 4) is 0 Å². The van der Waals surface area contributed by atoms with Crippen LogP contribution in [0.2, 0.25) is 0 Å². The van der Waals surface area contributed by atoms with Gasteiger partial charge in [-0.2, -0.15) is 5.10 Å². The summed E-state index contributed by atoms with van der Waals surface area (Å²) in [5.41, 5.74) is 3.52. The summed E-state index contributed by atoms with van der Waals surface area (Å²) >= 11 is 0. The van der Waals surface area contributed by atoms with Gasteiger partial charge in [0.2, 0.25) is 0 Å². The van der Waals surface area contributed by atoms with Crippen LogP contribution in [-0.2, 0) is 13.5 Å². The molecule has 3 rings (SSSR count). The van der Waals surface area contributed by atoms with Gasteiger partial charge in [-0.3, -0.25) is 9.67 Å². The average Bonchev–Trinajstić information content (AvgIpc) is 2.87. The molecule has 0 fully saturated rings. The van der Waals surface area contributed by atoms with Gasteiger partial charge in [-0.1, -0.05) is 25.1 Å². The van der Waals surface area contributed by atoms with Gasteiger partial charge >= 0.3 is 0 Å². The second kappa shape index (κ2) is 5.06. The molecule has 20 heavy (non-hydrogen) atoms. The number of benzene rings is 1. The molecule has 4 heteroatoms. The molecule has 1 unspecified atom stereocenters. The molecule has 0 spiro atoms. The van der Waals surface area contributed by atoms with Crippen molar-refractivity contribution in [3.63, 3.8) is 0 Å². The molecule has 1 aromatic carbocycles. The molecule has 0 radical (unpaired) electrons. The summed E-state index contributed by atoms with van der Waals surface area (Å²) in [4.78, 5) is 4.33. The highest BCUT2D eigenvalue weighted by molar-refractivity contribution is 5.79. The van der Waals surface area contributed by atoms with Crippen molar-refractivity contribution in [2.24, 2.45) is 7.05 Å². The predicted octanol–water partition coefficient (Wildman–Crippen LogP) is 2.61. The summed E-state index contributed by atoms with van der Waals surface area (Å²) in [6.07, 6.45) is 1.94. The van der Waals surface area contributed by atoms with Crippen LogP contribution < -0.4 is 0 Å². The second-order valence-electron chi connectivity index (χ2n) is 4.90. The van der Waals surface area contributed by atoms with Crippen molar-refractivity contribution in [2.45, 2.75) is 19.4 Å². The molecule has 0 bridgehead atoms. The minimum absolute atomic E-state index is 0.681. The zero-order chi connectivity index (χ0) is 14.1. The lowest BCUT2D eigenvalue weighted by molar-refractivity contribution is 0.210. The van der Waals surface area contributed by atoms with Crippen molar-refractivity contribution in [3.05, 3.63) is 59.5 Å². The van der Waals surface area contributed by atoms with Crippen LogP contribution in [0.1, 0.15) is 30.0 Å². The van der Waals surface area contributed by atoms with E-state index in [9.17, 15) is 5.11 Å². The average molecular weight is 267 g/mol. The van der Waals surface area contributed by atoms with E-state index in [-0.39, 0.29) is 0 Å². The third kappa shape index (κ3) is 2.18. The monoisotopic (exact) mass is 267 g/mol. The highest BCUT2D eigenvalue weighted by Crippen LogP contribution is 2.25. The minimum Gasteiger partial charge on any atom is -0.382 e. The van der Waals surface area contributed by atoms with Crippen molar-refractivity contribution >= 4 is 10.9 Å². The topological polar surface area (TPSA) is 50.9 Å². The Morgan fingerprint density at radius 3 is 2.85 bits per heavy atom. The van der Waals surface area contributed by atoms with E-state index in [1.54, 1.807) is 10.9 Å². The maximum absolute atomic E-state index is 10.6. The number of hydrogen-bond donors (Lipinski definition) is 1. The molecule has 0 amide bonds. The number of aromatic nitrogens is 3. The number of rotatable bonds is 3. The first-order chi connectivity index (χ1) is 9.69. The molecule has 102 valence electrons. The number of pyridine rings is 1. The highest BCUT2D eigenvalue weighted by Gasteiger charge is 2.16. The molecule has 3 aromatic rings. The van der Waals surface area contributed by atoms with Crippen molar-refractivity contribution < 1.29 is 5.11 Å². The molecule has 4 nitrogen and oxygen atoms in total. The van der Waals surface area contributed by atoms with Gasteiger partial charge in [0.1, 0.15) is 6.10 Å². The normalized spacial score (nSPS) is 12.8. The van der Waals surface area contributed by atoms with E-state index < -0.39 is 6.10 Å². The Hall–Kier alpha value is -2.20. The van der Waals surface area contributed by atoms with Gasteiger partial charge < -0.3 is 5.11 Å². The van der Waals surface area contributed by atoms with Crippen molar-refractivity contribution in [2.75, 3.05) is 0 Å². The van der Waals surface area contributed by atoms with E-state index in [1.165, 1.54) is 0 Å². The maximum Gasteiger partial charge on any atom is 0.121 e. The first-order valence-electron chi connectivity index (χ1n) is 6.74. The number of aryl methyl sites for hydroxylation is 2. The van der Waals surface area contributed by atoms with Gasteiger partial charge in [0, 0.05) is 18.6 Å². The minimum atomic E-state index is -0.681. The SMILES string of the molecule is CCc1cc(C(O)c2ccc3cccnc3c2)n(C)n1. The fraction of sp³-hybridized carbons (Fsp3) is 0.250. The van der Waals surface area contributed by atoms with Gasteiger partial charge in [0.25, 0.3) is 0 Å². The van der Waals surface area contributed by atoms with Gasteiger partial charge in [-0.25, -0.2) is 0 Å². The number of hydrogen-bond acceptors (Lipinski definition) is 3. The summed E-state index contributed by atoms with van der Waals surface area (Å²) in [6, 6.07) is 11.7. The smallest absolute Gasteiger partial charge is 0.121 e. The molecule has 2 heterocycles. The van der Waals surface area contributed by atoms with Gasteiger partial charge in [-0.05, 0) is 30.2 Å². The van der Waals surface area contributed by atoms with Crippen molar-refractivity contribution in [1.29, 1.82) is 0 Å². The maximum atomic E-state index is 10.6. The molecular weight excluding hydrogens is 250 g/mol. The zero-order valence-corrected chi connectivity index (χ0v) is 11.6. The Kier molecular flexibility index (Phi) is 3.24. The Labute approximate surface area is 117 Å². The Balaban J connectivity index is 2.02. The Morgan fingerprint density at radius 2 is 2.10 bits per heavy atom. The lowest BCUT2D eigenvalue weighted by atomic mass is 10.0. The predicted molar refractivity (Wildman–Crippen MR) is 78.4 cm³/mol. The molecule has 1 atom stereocenters. The molecule has 1 N–H and O–H groups in total. The summed E-state index contributed by atoms with van der Waals surface area (Å²) in [5, 5.41) is 16.0. The summed E-state index contributed by atoms with van der Waals surface area (Å²) in [7, 11) is 1.86. The van der Waals surface area contributed by atoms with Gasteiger partial charge in [0.15, 0.2) is 0 Å². The molecule has 0 aliphatic carbocycles. The fourth-order valence-electron chi connectivity index (χ4n) is 2.40. The fourth-order valence-corrected chi connectivity index (χ4v) is 2.40. The van der Waals surface area contributed by atoms with E-state index in [0.717, 1.165) is 34.3 Å². The number of fused-ring (bicyclic) bond motifs is 1. The molecule has 0 saturated carbocycles. The van der Waals surface area contributed by atoms with Crippen LogP contribution in [0.5, 0.6) is 0 Å². The van der Waals surface area contributed by atoms with E-state index in [1.807, 2.05) is 43.4 Å². The molecule has 0 aliphatic heterocycles. The highest BCUT2D eigenvalue weighted by atomic mass is 16.3. The largest absolute Gasteiger partial charge is 0.382 e. The third-order valence-electron chi connectivity index (χ3n) is 3.55. The Morgan fingerprint density at radius 1 is 1.25 bits per heavy atom. The number of aliphatic hydroxyl groups is 1. The molecule has 0 aliphatic rings. The zero-order valence-electron chi connectivity index (χ0n) is 11.6. The van der Waals surface area contributed by atoms with Gasteiger partial charge in [0.05, 0.1) is 16.9 Å². The molecule has 0 saturated heterocycles. The van der Waals surface area contributed by atoms with Crippen LogP contribution in [-0.4, -0.2) is 19.9 Å². The first-order valence-corrected chi connectivity index (χ1v) is 6.74. The van der Waals surface area contributed by atoms with Crippen LogP contribution in [0.3, 0.4) is 0 Å². The van der Waals surface area contributed by atoms with Crippen LogP contribution >= 0.6 is 0 Å². The van der Waals surface area contributed by atoms with Crippen molar-refractivity contribution in [1.82, 2.24) is 14.8 Å². The number of nitrogens with zero attached hydrogens (tertiary/aromatic N) is 3. The van der Waals surface area contributed by atoms with Crippen LogP contribution in [0, 0.1) is 0 Å². The first kappa shape index (κ1) is 12.8. The van der Waals surface area contributed by atoms with Crippen LogP contribution in [0.15, 0.2) is 42.6 Å². The third-order valence-corrected chi connectivity index (χ3v) is 3.55. The van der Waals surface area contributed by atoms with Gasteiger partial charge in [-0.15, -0.1) is 0 Å². The summed E-state index contributed by atoms with van der Waals surface area (Å²) < 4.78 is 1.74. The standard InChI is InChI=1S/C16H17N3O/c1-3-13-10-15(19(2)18-13)16(20)12-7-6-11-5-4-8-17-14(11)9-12/h4-10,16,20H,3H2,1-2H3. The van der Waals surface area contributed by atoms with E-state index in [2.05, 4.69) is 17.0 Å². The lowest BCUT2D eigenvalue weighted by Gasteiger charge is -2.11. The Bertz CT molecular complexity index is 748. The number of aliphatic hydroxyl groups excluding tert-OH is 1. The van der Waals surface area contributed by atoms with Crippen LogP contribution in [0.25, 0.3) is 10.9 Å². The summed E-state index contributed by atoms with van der Waals surface area (Å²) in [5.74, 6) is 0. The quantitative estimate of drug-likeness (QED) is 0.793. The van der Waals surface area contributed by atoms with E-state index in [0.29, 0.717) is 0 Å².